The number of hydrogen-bond acceptors (Lipinski definition) is 3. The van der Waals surface area contributed by atoms with Crippen LogP contribution < -0.4 is 5.73 Å². The van der Waals surface area contributed by atoms with Gasteiger partial charge in [-0.15, -0.1) is 0 Å². The van der Waals surface area contributed by atoms with Gasteiger partial charge in [-0.05, 0) is 29.7 Å². The molecule has 4 heteroatoms. The van der Waals surface area contributed by atoms with E-state index in [1.165, 1.54) is 12.1 Å². The van der Waals surface area contributed by atoms with E-state index >= 15 is 0 Å². The number of hydrogen-bond donors (Lipinski definition) is 3. The molecule has 1 unspecified atom stereocenters. The van der Waals surface area contributed by atoms with Crippen LogP contribution in [0.25, 0.3) is 0 Å². The van der Waals surface area contributed by atoms with Gasteiger partial charge in [0.1, 0.15) is 5.75 Å². The van der Waals surface area contributed by atoms with Crippen molar-refractivity contribution in [3.8, 4) is 5.75 Å². The lowest BCUT2D eigenvalue weighted by Crippen LogP contribution is -2.05. The molecule has 76 valence electrons. The predicted molar refractivity (Wildman–Crippen MR) is 53.2 cm³/mol. The first kappa shape index (κ1) is 10.4. The number of aliphatic carboxylic acids is 1. The van der Waals surface area contributed by atoms with Crippen LogP contribution in [0.1, 0.15) is 24.8 Å². The Bertz CT molecular complexity index is 349. The van der Waals surface area contributed by atoms with Crippen LogP contribution in [0.2, 0.25) is 0 Å². The Labute approximate surface area is 82.0 Å². The summed E-state index contributed by atoms with van der Waals surface area (Å²) in [6.45, 7) is 1.76. The Balaban J connectivity index is 2.93. The van der Waals surface area contributed by atoms with Crippen LogP contribution in [0.5, 0.6) is 5.75 Å². The summed E-state index contributed by atoms with van der Waals surface area (Å²) < 4.78 is 0. The minimum atomic E-state index is -0.875. The maximum absolute atomic E-state index is 10.5. The fraction of sp³-hybridized carbons (Fsp3) is 0.300. The van der Waals surface area contributed by atoms with E-state index in [4.69, 9.17) is 10.8 Å². The molecule has 0 saturated carbocycles. The SMILES string of the molecule is CC(CC(=O)O)c1cc(O)ccc1N. The van der Waals surface area contributed by atoms with Crippen molar-refractivity contribution in [3.05, 3.63) is 23.8 Å². The molecule has 0 saturated heterocycles. The molecule has 1 aromatic carbocycles. The zero-order valence-corrected chi connectivity index (χ0v) is 7.90. The van der Waals surface area contributed by atoms with Crippen LogP contribution in [0.3, 0.4) is 0 Å². The molecule has 0 amide bonds. The van der Waals surface area contributed by atoms with Gasteiger partial charge in [0.2, 0.25) is 0 Å². The quantitative estimate of drug-likeness (QED) is 0.504. The zero-order chi connectivity index (χ0) is 10.7. The molecule has 0 spiro atoms. The minimum absolute atomic E-state index is 0.00759. The van der Waals surface area contributed by atoms with Gasteiger partial charge >= 0.3 is 5.97 Å². The molecular weight excluding hydrogens is 182 g/mol. The third-order valence-electron chi connectivity index (χ3n) is 2.08. The number of carboxylic acids is 1. The number of nitrogens with two attached hydrogens (primary N) is 1. The molecule has 0 bridgehead atoms. The highest BCUT2D eigenvalue weighted by molar-refractivity contribution is 5.68. The van der Waals surface area contributed by atoms with Crippen LogP contribution >= 0.6 is 0 Å². The van der Waals surface area contributed by atoms with Gasteiger partial charge in [-0.2, -0.15) is 0 Å². The number of phenolic OH excluding ortho intramolecular Hbond substituents is 1. The molecule has 0 radical (unpaired) electrons. The number of nitrogen functional groups attached to an aromatic ring is 1. The van der Waals surface area contributed by atoms with Gasteiger partial charge in [0.15, 0.2) is 0 Å². The van der Waals surface area contributed by atoms with E-state index < -0.39 is 5.97 Å². The summed E-state index contributed by atoms with van der Waals surface area (Å²) in [5, 5.41) is 17.8. The summed E-state index contributed by atoms with van der Waals surface area (Å²) in [5.41, 5.74) is 6.85. The summed E-state index contributed by atoms with van der Waals surface area (Å²) in [7, 11) is 0. The molecule has 0 fully saturated rings. The minimum Gasteiger partial charge on any atom is -0.508 e. The van der Waals surface area contributed by atoms with Crippen molar-refractivity contribution in [2.24, 2.45) is 0 Å². The average molecular weight is 195 g/mol. The van der Waals surface area contributed by atoms with E-state index in [0.717, 1.165) is 0 Å². The second-order valence-corrected chi connectivity index (χ2v) is 3.31. The normalized spacial score (nSPS) is 12.4. The van der Waals surface area contributed by atoms with Crippen molar-refractivity contribution in [1.82, 2.24) is 0 Å². The van der Waals surface area contributed by atoms with Crippen LogP contribution in [0.15, 0.2) is 18.2 Å². The number of carboxylic acid groups (broad SMARTS) is 1. The van der Waals surface area contributed by atoms with Crippen LogP contribution in [0.4, 0.5) is 5.69 Å². The molecule has 0 aromatic heterocycles. The van der Waals surface area contributed by atoms with Crippen LogP contribution in [0, 0.1) is 0 Å². The van der Waals surface area contributed by atoms with Gasteiger partial charge in [0.05, 0.1) is 6.42 Å². The lowest BCUT2D eigenvalue weighted by atomic mass is 9.96. The number of rotatable bonds is 3. The molecule has 0 heterocycles. The Morgan fingerprint density at radius 2 is 2.21 bits per heavy atom. The number of phenols is 1. The van der Waals surface area contributed by atoms with Crippen molar-refractivity contribution in [2.45, 2.75) is 19.3 Å². The number of aromatic hydroxyl groups is 1. The van der Waals surface area contributed by atoms with Gasteiger partial charge in [-0.3, -0.25) is 4.79 Å². The summed E-state index contributed by atoms with van der Waals surface area (Å²) >= 11 is 0. The molecule has 4 N–H and O–H groups in total. The maximum atomic E-state index is 10.5. The summed E-state index contributed by atoms with van der Waals surface area (Å²) in [6.07, 6.45) is 0.00759. The fourth-order valence-corrected chi connectivity index (χ4v) is 1.36. The van der Waals surface area contributed by atoms with E-state index in [1.54, 1.807) is 13.0 Å². The Kier molecular flexibility index (Phi) is 2.96. The standard InChI is InChI=1S/C10H13NO3/c1-6(4-10(13)14)8-5-7(12)2-3-9(8)11/h2-3,5-6,12H,4,11H2,1H3,(H,13,14). The van der Waals surface area contributed by atoms with Gasteiger partial charge in [-0.25, -0.2) is 0 Å². The smallest absolute Gasteiger partial charge is 0.303 e. The molecule has 14 heavy (non-hydrogen) atoms. The third-order valence-corrected chi connectivity index (χ3v) is 2.08. The van der Waals surface area contributed by atoms with E-state index in [9.17, 15) is 9.90 Å². The highest BCUT2D eigenvalue weighted by atomic mass is 16.4. The molecule has 0 aliphatic rings. The maximum Gasteiger partial charge on any atom is 0.303 e. The molecular formula is C10H13NO3. The first-order valence-corrected chi connectivity index (χ1v) is 4.31. The Hall–Kier alpha value is -1.71. The zero-order valence-electron chi connectivity index (χ0n) is 7.90. The van der Waals surface area contributed by atoms with Crippen molar-refractivity contribution in [3.63, 3.8) is 0 Å². The largest absolute Gasteiger partial charge is 0.508 e. The van der Waals surface area contributed by atoms with Gasteiger partial charge in [-0.1, -0.05) is 6.92 Å². The highest BCUT2D eigenvalue weighted by Crippen LogP contribution is 2.28. The lowest BCUT2D eigenvalue weighted by molar-refractivity contribution is -0.137. The van der Waals surface area contributed by atoms with Gasteiger partial charge in [0.25, 0.3) is 0 Å². The monoisotopic (exact) mass is 195 g/mol. The average Bonchev–Trinajstić information content (AvgIpc) is 2.08. The Morgan fingerprint density at radius 3 is 2.79 bits per heavy atom. The van der Waals surface area contributed by atoms with Gasteiger partial charge < -0.3 is 15.9 Å². The van der Waals surface area contributed by atoms with Crippen molar-refractivity contribution >= 4 is 11.7 Å². The van der Waals surface area contributed by atoms with Crippen molar-refractivity contribution in [2.75, 3.05) is 5.73 Å². The van der Waals surface area contributed by atoms with E-state index in [1.807, 2.05) is 0 Å². The van der Waals surface area contributed by atoms with Crippen LogP contribution in [-0.4, -0.2) is 16.2 Å². The molecule has 0 aliphatic carbocycles. The van der Waals surface area contributed by atoms with E-state index in [2.05, 4.69) is 0 Å². The summed E-state index contributed by atoms with van der Waals surface area (Å²) in [4.78, 5) is 10.5. The predicted octanol–water partition coefficient (Wildman–Crippen LogP) is 1.55. The molecule has 1 rings (SSSR count). The number of anilines is 1. The van der Waals surface area contributed by atoms with Crippen LogP contribution in [-0.2, 0) is 4.79 Å². The van der Waals surface area contributed by atoms with Gasteiger partial charge in [0, 0.05) is 5.69 Å². The third kappa shape index (κ3) is 2.39. The summed E-state index contributed by atoms with van der Waals surface area (Å²) in [5.74, 6) is -0.966. The van der Waals surface area contributed by atoms with E-state index in [0.29, 0.717) is 11.3 Å². The first-order chi connectivity index (χ1) is 6.50. The fourth-order valence-electron chi connectivity index (χ4n) is 1.36. The lowest BCUT2D eigenvalue weighted by Gasteiger charge is -2.12. The molecule has 1 atom stereocenters. The summed E-state index contributed by atoms with van der Waals surface area (Å²) in [6, 6.07) is 4.55. The molecule has 0 aliphatic heterocycles. The first-order valence-electron chi connectivity index (χ1n) is 4.31. The van der Waals surface area contributed by atoms with Crippen molar-refractivity contribution < 1.29 is 15.0 Å². The second kappa shape index (κ2) is 4.00. The van der Waals surface area contributed by atoms with E-state index in [-0.39, 0.29) is 18.1 Å². The van der Waals surface area contributed by atoms with Crippen molar-refractivity contribution in [1.29, 1.82) is 0 Å². The topological polar surface area (TPSA) is 83.5 Å². The number of carbonyl (C=O) groups is 1. The second-order valence-electron chi connectivity index (χ2n) is 3.31. The molecule has 1 aromatic rings. The Morgan fingerprint density at radius 1 is 1.57 bits per heavy atom. The highest BCUT2D eigenvalue weighted by Gasteiger charge is 2.13. The number of benzene rings is 1. The molecule has 4 nitrogen and oxygen atoms in total.